The van der Waals surface area contributed by atoms with Crippen molar-refractivity contribution in [1.29, 1.82) is 0 Å². The van der Waals surface area contributed by atoms with Gasteiger partial charge in [0.25, 0.3) is 0 Å². The van der Waals surface area contributed by atoms with Crippen LogP contribution in [0.3, 0.4) is 0 Å². The van der Waals surface area contributed by atoms with Crippen LogP contribution in [0.25, 0.3) is 0 Å². The zero-order valence-electron chi connectivity index (χ0n) is 23.5. The Morgan fingerprint density at radius 1 is 0.872 bits per heavy atom. The van der Waals surface area contributed by atoms with Crippen molar-refractivity contribution in [1.82, 2.24) is 10.2 Å². The Balaban J connectivity index is 2.07. The highest BCUT2D eigenvalue weighted by Crippen LogP contribution is 2.25. The number of hydrogen-bond donors (Lipinski definition) is 1. The van der Waals surface area contributed by atoms with E-state index in [0.717, 1.165) is 44.8 Å². The molecule has 0 saturated carbocycles. The van der Waals surface area contributed by atoms with Gasteiger partial charge in [0.2, 0.25) is 21.8 Å². The molecule has 0 radical (unpaired) electrons. The highest BCUT2D eigenvalue weighted by molar-refractivity contribution is 7.92. The first-order valence-electron chi connectivity index (χ1n) is 13.2. The molecule has 0 heterocycles. The number of aryl methyl sites for hydroxylation is 3. The lowest BCUT2D eigenvalue weighted by Crippen LogP contribution is -2.53. The van der Waals surface area contributed by atoms with Crippen LogP contribution in [-0.2, 0) is 32.6 Å². The number of amides is 2. The van der Waals surface area contributed by atoms with Crippen LogP contribution in [0.15, 0.2) is 72.8 Å². The molecule has 1 atom stereocenters. The predicted molar refractivity (Wildman–Crippen MR) is 157 cm³/mol. The van der Waals surface area contributed by atoms with E-state index in [0.29, 0.717) is 18.7 Å². The Morgan fingerprint density at radius 3 is 2.18 bits per heavy atom. The summed E-state index contributed by atoms with van der Waals surface area (Å²) in [6, 6.07) is 22.0. The summed E-state index contributed by atoms with van der Waals surface area (Å²) in [5.41, 5.74) is 4.88. The molecule has 0 unspecified atom stereocenters. The summed E-state index contributed by atoms with van der Waals surface area (Å²) in [5, 5.41) is 2.95. The van der Waals surface area contributed by atoms with Crippen LogP contribution in [0.2, 0.25) is 0 Å². The van der Waals surface area contributed by atoms with Gasteiger partial charge in [0.05, 0.1) is 11.9 Å². The maximum atomic E-state index is 14.1. The molecule has 0 aliphatic heterocycles. The number of nitrogens with zero attached hydrogens (tertiary/aromatic N) is 2. The fourth-order valence-corrected chi connectivity index (χ4v) is 5.41. The van der Waals surface area contributed by atoms with Crippen LogP contribution in [-0.4, -0.2) is 50.5 Å². The summed E-state index contributed by atoms with van der Waals surface area (Å²) in [6.45, 7) is 7.87. The highest BCUT2D eigenvalue weighted by atomic mass is 32.2. The molecule has 208 valence electrons. The van der Waals surface area contributed by atoms with Crippen molar-refractivity contribution in [3.8, 4) is 0 Å². The van der Waals surface area contributed by atoms with Gasteiger partial charge in [-0.3, -0.25) is 13.9 Å². The average molecular weight is 550 g/mol. The molecule has 0 fully saturated rings. The van der Waals surface area contributed by atoms with Crippen molar-refractivity contribution < 1.29 is 18.0 Å². The molecule has 3 aromatic rings. The SMILES string of the molecule is CCCNC(=O)[C@H](Cc1ccccc1)N(Cc1cccc(C)c1)C(=O)CN(c1cc(C)ccc1C)S(C)(=O)=O. The number of carbonyl (C=O) groups excluding carboxylic acids is 2. The average Bonchev–Trinajstić information content (AvgIpc) is 2.89. The largest absolute Gasteiger partial charge is 0.354 e. The maximum Gasteiger partial charge on any atom is 0.244 e. The van der Waals surface area contributed by atoms with Gasteiger partial charge < -0.3 is 10.2 Å². The predicted octanol–water partition coefficient (Wildman–Crippen LogP) is 4.54. The van der Waals surface area contributed by atoms with Gasteiger partial charge in [0, 0.05) is 19.5 Å². The summed E-state index contributed by atoms with van der Waals surface area (Å²) in [6.07, 6.45) is 2.16. The first kappa shape index (κ1) is 29.9. The summed E-state index contributed by atoms with van der Waals surface area (Å²) < 4.78 is 27.1. The standard InChI is InChI=1S/C31H39N3O4S/c1-6-17-32-31(36)29(20-26-12-8-7-9-13-26)33(21-27-14-10-11-23(2)18-27)30(35)22-34(39(5,37)38)28-19-24(3)15-16-25(28)4/h7-16,18-19,29H,6,17,20-22H2,1-5H3,(H,32,36)/t29-/m0/s1. The highest BCUT2D eigenvalue weighted by Gasteiger charge is 2.33. The molecule has 0 aromatic heterocycles. The number of anilines is 1. The van der Waals surface area contributed by atoms with Gasteiger partial charge >= 0.3 is 0 Å². The van der Waals surface area contributed by atoms with Crippen LogP contribution >= 0.6 is 0 Å². The molecule has 0 bridgehead atoms. The number of benzene rings is 3. The van der Waals surface area contributed by atoms with E-state index in [1.807, 2.05) is 94.4 Å². The summed E-state index contributed by atoms with van der Waals surface area (Å²) in [5.74, 6) is -0.713. The second-order valence-electron chi connectivity index (χ2n) is 10.1. The molecule has 0 aliphatic rings. The summed E-state index contributed by atoms with van der Waals surface area (Å²) in [4.78, 5) is 29.2. The van der Waals surface area contributed by atoms with Crippen molar-refractivity contribution in [2.24, 2.45) is 0 Å². The lowest BCUT2D eigenvalue weighted by Gasteiger charge is -2.34. The van der Waals surface area contributed by atoms with Gasteiger partial charge in [-0.05, 0) is 55.5 Å². The van der Waals surface area contributed by atoms with E-state index in [1.165, 1.54) is 4.90 Å². The number of hydrogen-bond acceptors (Lipinski definition) is 4. The zero-order chi connectivity index (χ0) is 28.6. The Morgan fingerprint density at radius 2 is 1.54 bits per heavy atom. The molecule has 0 aliphatic carbocycles. The van der Waals surface area contributed by atoms with E-state index in [4.69, 9.17) is 0 Å². The molecule has 39 heavy (non-hydrogen) atoms. The Labute approximate surface area is 232 Å². The quantitative estimate of drug-likeness (QED) is 0.359. The Kier molecular flexibility index (Phi) is 10.3. The van der Waals surface area contributed by atoms with E-state index in [1.54, 1.807) is 6.07 Å². The van der Waals surface area contributed by atoms with Crippen molar-refractivity contribution in [2.45, 2.75) is 53.1 Å². The van der Waals surface area contributed by atoms with E-state index in [-0.39, 0.29) is 12.5 Å². The molecule has 7 nitrogen and oxygen atoms in total. The van der Waals surface area contributed by atoms with E-state index in [9.17, 15) is 18.0 Å². The normalized spacial score (nSPS) is 12.0. The number of rotatable bonds is 12. The first-order valence-corrected chi connectivity index (χ1v) is 15.1. The van der Waals surface area contributed by atoms with E-state index < -0.39 is 28.5 Å². The fraction of sp³-hybridized carbons (Fsp3) is 0.355. The van der Waals surface area contributed by atoms with Gasteiger partial charge in [-0.25, -0.2) is 8.42 Å². The minimum atomic E-state index is -3.80. The van der Waals surface area contributed by atoms with Crippen LogP contribution in [0, 0.1) is 20.8 Å². The lowest BCUT2D eigenvalue weighted by molar-refractivity contribution is -0.140. The molecule has 1 N–H and O–H groups in total. The molecular formula is C31H39N3O4S. The van der Waals surface area contributed by atoms with Crippen molar-refractivity contribution in [2.75, 3.05) is 23.7 Å². The van der Waals surface area contributed by atoms with Crippen molar-refractivity contribution in [3.05, 3.63) is 101 Å². The first-order chi connectivity index (χ1) is 18.5. The molecule has 2 amide bonds. The fourth-order valence-electron chi connectivity index (χ4n) is 4.51. The van der Waals surface area contributed by atoms with Gasteiger partial charge in [-0.2, -0.15) is 0 Å². The molecule has 0 spiro atoms. The zero-order valence-corrected chi connectivity index (χ0v) is 24.3. The number of nitrogens with one attached hydrogen (secondary N) is 1. The topological polar surface area (TPSA) is 86.8 Å². The number of carbonyl (C=O) groups is 2. The van der Waals surface area contributed by atoms with Crippen LogP contribution < -0.4 is 9.62 Å². The Hall–Kier alpha value is -3.65. The van der Waals surface area contributed by atoms with Gasteiger partial charge in [0.1, 0.15) is 12.6 Å². The third-order valence-corrected chi connectivity index (χ3v) is 7.69. The van der Waals surface area contributed by atoms with Crippen LogP contribution in [0.5, 0.6) is 0 Å². The third-order valence-electron chi connectivity index (χ3n) is 6.57. The lowest BCUT2D eigenvalue weighted by atomic mass is 10.0. The molecule has 0 saturated heterocycles. The molecule has 3 rings (SSSR count). The number of sulfonamides is 1. The van der Waals surface area contributed by atoms with E-state index >= 15 is 0 Å². The molecule has 8 heteroatoms. The second-order valence-corrected chi connectivity index (χ2v) is 12.0. The monoisotopic (exact) mass is 549 g/mol. The molecular weight excluding hydrogens is 510 g/mol. The maximum absolute atomic E-state index is 14.1. The minimum absolute atomic E-state index is 0.169. The summed E-state index contributed by atoms with van der Waals surface area (Å²) >= 11 is 0. The van der Waals surface area contributed by atoms with Crippen LogP contribution in [0.4, 0.5) is 5.69 Å². The summed E-state index contributed by atoms with van der Waals surface area (Å²) in [7, 11) is -3.80. The van der Waals surface area contributed by atoms with Crippen molar-refractivity contribution >= 4 is 27.5 Å². The smallest absolute Gasteiger partial charge is 0.244 e. The third kappa shape index (κ3) is 8.42. The Bertz CT molecular complexity index is 1390. The van der Waals surface area contributed by atoms with E-state index in [2.05, 4.69) is 5.32 Å². The van der Waals surface area contributed by atoms with Crippen LogP contribution in [0.1, 0.15) is 41.2 Å². The van der Waals surface area contributed by atoms with Gasteiger partial charge in [-0.1, -0.05) is 79.2 Å². The molecule has 3 aromatic carbocycles. The van der Waals surface area contributed by atoms with Crippen molar-refractivity contribution in [3.63, 3.8) is 0 Å². The second kappa shape index (κ2) is 13.4. The van der Waals surface area contributed by atoms with Gasteiger partial charge in [-0.15, -0.1) is 0 Å². The van der Waals surface area contributed by atoms with Gasteiger partial charge in [0.15, 0.2) is 0 Å². The minimum Gasteiger partial charge on any atom is -0.354 e.